The summed E-state index contributed by atoms with van der Waals surface area (Å²) in [5, 5.41) is 5.57. The van der Waals surface area contributed by atoms with Crippen LogP contribution in [0.5, 0.6) is 0 Å². The van der Waals surface area contributed by atoms with Gasteiger partial charge in [0.05, 0.1) is 12.1 Å². The van der Waals surface area contributed by atoms with Gasteiger partial charge in [-0.25, -0.2) is 18.0 Å². The molecule has 2 N–H and O–H groups in total. The van der Waals surface area contributed by atoms with Gasteiger partial charge in [-0.3, -0.25) is 10.6 Å². The maximum Gasteiger partial charge on any atom is 0.491 e. The number of nitrogens with one attached hydrogen (secondary N) is 2. The van der Waals surface area contributed by atoms with Crippen molar-refractivity contribution in [1.29, 1.82) is 0 Å². The first kappa shape index (κ1) is 23.8. The predicted octanol–water partition coefficient (Wildman–Crippen LogP) is 5.08. The second-order valence-electron chi connectivity index (χ2n) is 7.84. The van der Waals surface area contributed by atoms with Gasteiger partial charge in [0.25, 0.3) is 0 Å². The Bertz CT molecular complexity index is 1150. The molecule has 0 aliphatic carbocycles. The molecule has 0 bridgehead atoms. The van der Waals surface area contributed by atoms with Crippen molar-refractivity contribution < 1.29 is 35.9 Å². The smallest absolute Gasteiger partial charge is 0.423 e. The van der Waals surface area contributed by atoms with Gasteiger partial charge in [0.15, 0.2) is 0 Å². The zero-order valence-electron chi connectivity index (χ0n) is 17.4. The van der Waals surface area contributed by atoms with Gasteiger partial charge < -0.3 is 4.74 Å². The molecule has 0 radical (unpaired) electrons. The molecule has 4 rings (SSSR count). The third-order valence-electron chi connectivity index (χ3n) is 5.42. The fourth-order valence-corrected chi connectivity index (χ4v) is 3.99. The summed E-state index contributed by atoms with van der Waals surface area (Å²) in [5.74, 6) is -6.72. The van der Waals surface area contributed by atoms with E-state index < -0.39 is 54.0 Å². The van der Waals surface area contributed by atoms with Crippen LogP contribution in [0.4, 0.5) is 26.3 Å². The lowest BCUT2D eigenvalue weighted by Gasteiger charge is -2.31. The van der Waals surface area contributed by atoms with Gasteiger partial charge in [0, 0.05) is 6.42 Å². The molecule has 1 heterocycles. The monoisotopic (exact) mass is 480 g/mol. The summed E-state index contributed by atoms with van der Waals surface area (Å²) < 4.78 is 86.6. The van der Waals surface area contributed by atoms with Crippen LogP contribution >= 0.6 is 0 Å². The van der Waals surface area contributed by atoms with Crippen molar-refractivity contribution in [3.63, 3.8) is 0 Å². The van der Waals surface area contributed by atoms with Crippen molar-refractivity contribution in [3.05, 3.63) is 107 Å². The molecular formula is C24H18F6N2O2. The molecule has 4 nitrogen and oxygen atoms in total. The van der Waals surface area contributed by atoms with Crippen LogP contribution < -0.4 is 10.6 Å². The van der Waals surface area contributed by atoms with Gasteiger partial charge in [0.2, 0.25) is 5.85 Å². The third-order valence-corrected chi connectivity index (χ3v) is 5.42. The highest BCUT2D eigenvalue weighted by atomic mass is 19.4. The standard InChI is InChI=1S/C24H18F6N2O2/c25-17-8-3-6-14(11-17)20-21(15-7-4-9-18(26)12-15)32-23(31-20,34-22(33)24(28,29)30)13-16-5-1-2-10-19(16)27/h1-12,20-21,31-32H,13H2. The van der Waals surface area contributed by atoms with Crippen molar-refractivity contribution in [2.24, 2.45) is 0 Å². The minimum atomic E-state index is -5.34. The minimum absolute atomic E-state index is 0.0460. The van der Waals surface area contributed by atoms with Crippen LogP contribution in [-0.4, -0.2) is 18.0 Å². The number of carbonyl (C=O) groups excluding carboxylic acids is 1. The summed E-state index contributed by atoms with van der Waals surface area (Å²) in [6.45, 7) is 0. The van der Waals surface area contributed by atoms with Crippen LogP contribution in [0.15, 0.2) is 72.8 Å². The molecule has 2 atom stereocenters. The Morgan fingerprint density at radius 1 is 0.824 bits per heavy atom. The van der Waals surface area contributed by atoms with Crippen LogP contribution in [0, 0.1) is 17.5 Å². The Hall–Kier alpha value is -3.37. The van der Waals surface area contributed by atoms with E-state index >= 15 is 0 Å². The zero-order valence-corrected chi connectivity index (χ0v) is 17.4. The molecule has 1 aliphatic heterocycles. The second-order valence-corrected chi connectivity index (χ2v) is 7.84. The van der Waals surface area contributed by atoms with Crippen molar-refractivity contribution in [3.8, 4) is 0 Å². The van der Waals surface area contributed by atoms with Crippen LogP contribution in [-0.2, 0) is 16.0 Å². The summed E-state index contributed by atoms with van der Waals surface area (Å²) in [6, 6.07) is 13.8. The highest BCUT2D eigenvalue weighted by Crippen LogP contribution is 2.40. The highest BCUT2D eigenvalue weighted by molar-refractivity contribution is 5.76. The van der Waals surface area contributed by atoms with E-state index in [1.54, 1.807) is 0 Å². The van der Waals surface area contributed by atoms with Crippen molar-refractivity contribution >= 4 is 5.97 Å². The molecule has 0 amide bonds. The molecule has 1 aliphatic rings. The Morgan fingerprint density at radius 2 is 1.35 bits per heavy atom. The van der Waals surface area contributed by atoms with Gasteiger partial charge in [-0.1, -0.05) is 42.5 Å². The predicted molar refractivity (Wildman–Crippen MR) is 110 cm³/mol. The van der Waals surface area contributed by atoms with Crippen LogP contribution in [0.3, 0.4) is 0 Å². The summed E-state index contributed by atoms with van der Waals surface area (Å²) in [5.41, 5.74) is 0.538. The van der Waals surface area contributed by atoms with Crippen molar-refractivity contribution in [2.45, 2.75) is 30.5 Å². The Labute approximate surface area is 190 Å². The lowest BCUT2D eigenvalue weighted by molar-refractivity contribution is -0.218. The Morgan fingerprint density at radius 3 is 1.82 bits per heavy atom. The summed E-state index contributed by atoms with van der Waals surface area (Å²) in [7, 11) is 0. The van der Waals surface area contributed by atoms with E-state index in [0.717, 1.165) is 18.2 Å². The van der Waals surface area contributed by atoms with Gasteiger partial charge in [0.1, 0.15) is 17.5 Å². The first-order chi connectivity index (χ1) is 16.1. The number of hydrogen-bond donors (Lipinski definition) is 2. The van der Waals surface area contributed by atoms with E-state index in [4.69, 9.17) is 4.74 Å². The van der Waals surface area contributed by atoms with E-state index in [-0.39, 0.29) is 5.56 Å². The molecular weight excluding hydrogens is 462 g/mol. The Kier molecular flexibility index (Phi) is 6.37. The van der Waals surface area contributed by atoms with Crippen LogP contribution in [0.25, 0.3) is 0 Å². The van der Waals surface area contributed by atoms with Gasteiger partial charge in [-0.2, -0.15) is 13.2 Å². The maximum absolute atomic E-state index is 14.4. The largest absolute Gasteiger partial charge is 0.491 e. The number of esters is 1. The van der Waals surface area contributed by atoms with Gasteiger partial charge >= 0.3 is 12.1 Å². The van der Waals surface area contributed by atoms with Crippen molar-refractivity contribution in [1.82, 2.24) is 10.6 Å². The van der Waals surface area contributed by atoms with Gasteiger partial charge in [-0.15, -0.1) is 0 Å². The topological polar surface area (TPSA) is 50.4 Å². The molecule has 34 heavy (non-hydrogen) atoms. The van der Waals surface area contributed by atoms with E-state index in [1.807, 2.05) is 0 Å². The highest BCUT2D eigenvalue weighted by Gasteiger charge is 2.53. The lowest BCUT2D eigenvalue weighted by Crippen LogP contribution is -2.56. The zero-order chi connectivity index (χ0) is 24.5. The number of ether oxygens (including phenoxy) is 1. The average molecular weight is 480 g/mol. The summed E-state index contributed by atoms with van der Waals surface area (Å²) in [4.78, 5) is 11.9. The molecule has 1 fully saturated rings. The fourth-order valence-electron chi connectivity index (χ4n) is 3.99. The quantitative estimate of drug-likeness (QED) is 0.395. The summed E-state index contributed by atoms with van der Waals surface area (Å²) >= 11 is 0. The van der Waals surface area contributed by atoms with E-state index in [2.05, 4.69) is 10.6 Å². The molecule has 10 heteroatoms. The molecule has 3 aromatic carbocycles. The average Bonchev–Trinajstić information content (AvgIpc) is 3.14. The molecule has 3 aromatic rings. The molecule has 0 aromatic heterocycles. The SMILES string of the molecule is O=C(OC1(Cc2ccccc2F)NC(c2cccc(F)c2)C(c2cccc(F)c2)N1)C(F)(F)F. The normalized spacial score (nSPS) is 22.5. The van der Waals surface area contributed by atoms with E-state index in [0.29, 0.717) is 11.1 Å². The molecule has 2 unspecified atom stereocenters. The van der Waals surface area contributed by atoms with Crippen molar-refractivity contribution in [2.75, 3.05) is 0 Å². The number of hydrogen-bond acceptors (Lipinski definition) is 4. The van der Waals surface area contributed by atoms with E-state index in [9.17, 15) is 31.1 Å². The first-order valence-electron chi connectivity index (χ1n) is 10.2. The molecule has 1 saturated heterocycles. The number of carbonyl (C=O) groups is 1. The lowest BCUT2D eigenvalue weighted by atomic mass is 9.95. The number of rotatable bonds is 5. The van der Waals surface area contributed by atoms with Gasteiger partial charge in [-0.05, 0) is 47.0 Å². The Balaban J connectivity index is 1.81. The third kappa shape index (κ3) is 5.07. The second kappa shape index (κ2) is 9.11. The van der Waals surface area contributed by atoms with Crippen LogP contribution in [0.2, 0.25) is 0 Å². The minimum Gasteiger partial charge on any atom is -0.423 e. The molecule has 0 spiro atoms. The van der Waals surface area contributed by atoms with Crippen LogP contribution in [0.1, 0.15) is 28.8 Å². The number of alkyl halides is 3. The van der Waals surface area contributed by atoms with E-state index in [1.165, 1.54) is 54.6 Å². The molecule has 0 saturated carbocycles. The fraction of sp³-hybridized carbons (Fsp3) is 0.208. The first-order valence-corrected chi connectivity index (χ1v) is 10.2. The number of benzene rings is 3. The maximum atomic E-state index is 14.4. The summed E-state index contributed by atoms with van der Waals surface area (Å²) in [6.07, 6.45) is -5.88. The number of halogens is 6. The molecule has 178 valence electrons.